The summed E-state index contributed by atoms with van der Waals surface area (Å²) in [5, 5.41) is 12.2. The molecular weight excluding hydrogens is 252 g/mol. The van der Waals surface area contributed by atoms with Crippen molar-refractivity contribution in [3.63, 3.8) is 0 Å². The maximum Gasteiger partial charge on any atom is 0.251 e. The van der Waals surface area contributed by atoms with Gasteiger partial charge in [-0.05, 0) is 41.8 Å². The number of hydrogen-bond acceptors (Lipinski definition) is 3. The molecule has 0 saturated carbocycles. The van der Waals surface area contributed by atoms with E-state index in [9.17, 15) is 9.90 Å². The minimum atomic E-state index is -0.158. The lowest BCUT2D eigenvalue weighted by molar-refractivity contribution is 0.0950. The Balaban J connectivity index is 2.09. The summed E-state index contributed by atoms with van der Waals surface area (Å²) in [6.45, 7) is 2.68. The fraction of sp³-hybridized carbons (Fsp3) is 0.188. The highest BCUT2D eigenvalue weighted by Gasteiger charge is 2.09. The van der Waals surface area contributed by atoms with Gasteiger partial charge in [-0.3, -0.25) is 4.79 Å². The zero-order valence-electron chi connectivity index (χ0n) is 11.4. The number of nitrogens with two attached hydrogens (primary N) is 1. The van der Waals surface area contributed by atoms with Crippen LogP contribution in [0, 0.1) is 6.92 Å². The van der Waals surface area contributed by atoms with Gasteiger partial charge in [-0.2, -0.15) is 0 Å². The van der Waals surface area contributed by atoms with Crippen molar-refractivity contribution in [2.45, 2.75) is 20.0 Å². The Morgan fingerprint density at radius 1 is 1.20 bits per heavy atom. The van der Waals surface area contributed by atoms with E-state index in [0.717, 1.165) is 16.7 Å². The minimum absolute atomic E-state index is 0.158. The molecule has 0 heterocycles. The van der Waals surface area contributed by atoms with Gasteiger partial charge in [0, 0.05) is 18.7 Å². The quantitative estimate of drug-likeness (QED) is 0.796. The second kappa shape index (κ2) is 6.21. The SMILES string of the molecule is Cc1cc(O)ccc1C(=O)NCc1ccccc1CN. The van der Waals surface area contributed by atoms with Gasteiger partial charge in [-0.15, -0.1) is 0 Å². The first-order chi connectivity index (χ1) is 9.61. The monoisotopic (exact) mass is 270 g/mol. The van der Waals surface area contributed by atoms with Crippen LogP contribution in [0.5, 0.6) is 5.75 Å². The van der Waals surface area contributed by atoms with E-state index < -0.39 is 0 Å². The lowest BCUT2D eigenvalue weighted by Gasteiger charge is -2.10. The van der Waals surface area contributed by atoms with Crippen LogP contribution >= 0.6 is 0 Å². The van der Waals surface area contributed by atoms with E-state index in [1.807, 2.05) is 24.3 Å². The van der Waals surface area contributed by atoms with E-state index in [0.29, 0.717) is 18.7 Å². The van der Waals surface area contributed by atoms with Crippen LogP contribution in [0.1, 0.15) is 27.0 Å². The number of amides is 1. The molecule has 2 aromatic rings. The molecule has 0 unspecified atom stereocenters. The average molecular weight is 270 g/mol. The number of benzene rings is 2. The van der Waals surface area contributed by atoms with E-state index in [1.54, 1.807) is 19.1 Å². The number of carbonyl (C=O) groups is 1. The number of carbonyl (C=O) groups excluding carboxylic acids is 1. The summed E-state index contributed by atoms with van der Waals surface area (Å²) in [5.74, 6) is 0.00171. The van der Waals surface area contributed by atoms with Crippen molar-refractivity contribution in [1.82, 2.24) is 5.32 Å². The number of rotatable bonds is 4. The van der Waals surface area contributed by atoms with E-state index in [4.69, 9.17) is 5.73 Å². The first-order valence-electron chi connectivity index (χ1n) is 6.46. The standard InChI is InChI=1S/C16H18N2O2/c1-11-8-14(19)6-7-15(11)16(20)18-10-13-5-3-2-4-12(13)9-17/h2-8,19H,9-10,17H2,1H3,(H,18,20). The highest BCUT2D eigenvalue weighted by atomic mass is 16.3. The molecule has 0 aromatic heterocycles. The molecular formula is C16H18N2O2. The third-order valence-corrected chi connectivity index (χ3v) is 3.23. The van der Waals surface area contributed by atoms with Gasteiger partial charge in [-0.1, -0.05) is 24.3 Å². The van der Waals surface area contributed by atoms with Gasteiger partial charge in [0.05, 0.1) is 0 Å². The molecule has 0 aliphatic heterocycles. The summed E-state index contributed by atoms with van der Waals surface area (Å²) in [6.07, 6.45) is 0. The molecule has 2 aromatic carbocycles. The molecule has 4 N–H and O–H groups in total. The number of phenolic OH excluding ortho intramolecular Hbond substituents is 1. The second-order valence-electron chi connectivity index (χ2n) is 4.65. The largest absolute Gasteiger partial charge is 0.508 e. The third kappa shape index (κ3) is 3.16. The summed E-state index contributed by atoms with van der Waals surface area (Å²) in [7, 11) is 0. The first kappa shape index (κ1) is 14.1. The van der Waals surface area contributed by atoms with Crippen molar-refractivity contribution < 1.29 is 9.90 Å². The predicted octanol–water partition coefficient (Wildman–Crippen LogP) is 2.09. The van der Waals surface area contributed by atoms with Gasteiger partial charge in [0.15, 0.2) is 0 Å². The maximum absolute atomic E-state index is 12.1. The minimum Gasteiger partial charge on any atom is -0.508 e. The van der Waals surface area contributed by atoms with Crippen molar-refractivity contribution in [2.75, 3.05) is 0 Å². The molecule has 0 saturated heterocycles. The topological polar surface area (TPSA) is 75.3 Å². The number of aryl methyl sites for hydroxylation is 1. The summed E-state index contributed by atoms with van der Waals surface area (Å²) < 4.78 is 0. The molecule has 0 bridgehead atoms. The van der Waals surface area contributed by atoms with Crippen LogP contribution in [-0.4, -0.2) is 11.0 Å². The van der Waals surface area contributed by atoms with Crippen LogP contribution < -0.4 is 11.1 Å². The van der Waals surface area contributed by atoms with Crippen molar-refractivity contribution in [2.24, 2.45) is 5.73 Å². The van der Waals surface area contributed by atoms with E-state index in [1.165, 1.54) is 6.07 Å². The van der Waals surface area contributed by atoms with Gasteiger partial charge in [0.25, 0.3) is 5.91 Å². The van der Waals surface area contributed by atoms with Gasteiger partial charge in [-0.25, -0.2) is 0 Å². The first-order valence-corrected chi connectivity index (χ1v) is 6.46. The molecule has 0 radical (unpaired) electrons. The smallest absolute Gasteiger partial charge is 0.251 e. The summed E-state index contributed by atoms with van der Waals surface area (Å²) in [5.41, 5.74) is 9.01. The van der Waals surface area contributed by atoms with E-state index >= 15 is 0 Å². The summed E-state index contributed by atoms with van der Waals surface area (Å²) >= 11 is 0. The van der Waals surface area contributed by atoms with E-state index in [2.05, 4.69) is 5.32 Å². The molecule has 0 atom stereocenters. The number of nitrogens with one attached hydrogen (secondary N) is 1. The number of hydrogen-bond donors (Lipinski definition) is 3. The highest BCUT2D eigenvalue weighted by molar-refractivity contribution is 5.95. The van der Waals surface area contributed by atoms with Crippen LogP contribution in [0.3, 0.4) is 0 Å². The Bertz CT molecular complexity index is 624. The van der Waals surface area contributed by atoms with Crippen molar-refractivity contribution >= 4 is 5.91 Å². The molecule has 4 nitrogen and oxygen atoms in total. The zero-order chi connectivity index (χ0) is 14.5. The Labute approximate surface area is 118 Å². The Morgan fingerprint density at radius 2 is 1.90 bits per heavy atom. The van der Waals surface area contributed by atoms with Crippen molar-refractivity contribution in [1.29, 1.82) is 0 Å². The lowest BCUT2D eigenvalue weighted by Crippen LogP contribution is -2.24. The maximum atomic E-state index is 12.1. The lowest BCUT2D eigenvalue weighted by atomic mass is 10.1. The van der Waals surface area contributed by atoms with Crippen LogP contribution in [0.15, 0.2) is 42.5 Å². The molecule has 104 valence electrons. The fourth-order valence-corrected chi connectivity index (χ4v) is 2.10. The predicted molar refractivity (Wildman–Crippen MR) is 78.3 cm³/mol. The average Bonchev–Trinajstić information content (AvgIpc) is 2.45. The van der Waals surface area contributed by atoms with Crippen LogP contribution in [0.25, 0.3) is 0 Å². The summed E-state index contributed by atoms with van der Waals surface area (Å²) in [4.78, 5) is 12.1. The molecule has 2 rings (SSSR count). The zero-order valence-corrected chi connectivity index (χ0v) is 11.4. The Morgan fingerprint density at radius 3 is 2.55 bits per heavy atom. The number of aromatic hydroxyl groups is 1. The normalized spacial score (nSPS) is 10.3. The molecule has 0 aliphatic rings. The van der Waals surface area contributed by atoms with Gasteiger partial charge >= 0.3 is 0 Å². The van der Waals surface area contributed by atoms with Crippen LogP contribution in [-0.2, 0) is 13.1 Å². The van der Waals surface area contributed by atoms with Crippen molar-refractivity contribution in [3.8, 4) is 5.75 Å². The van der Waals surface area contributed by atoms with Crippen LogP contribution in [0.2, 0.25) is 0 Å². The summed E-state index contributed by atoms with van der Waals surface area (Å²) in [6, 6.07) is 12.5. The molecule has 0 aliphatic carbocycles. The molecule has 0 spiro atoms. The fourth-order valence-electron chi connectivity index (χ4n) is 2.10. The van der Waals surface area contributed by atoms with Gasteiger partial charge < -0.3 is 16.2 Å². The molecule has 4 heteroatoms. The number of phenols is 1. The second-order valence-corrected chi connectivity index (χ2v) is 4.65. The Hall–Kier alpha value is -2.33. The third-order valence-electron chi connectivity index (χ3n) is 3.23. The molecule has 20 heavy (non-hydrogen) atoms. The molecule has 0 fully saturated rings. The van der Waals surface area contributed by atoms with Crippen LogP contribution in [0.4, 0.5) is 0 Å². The highest BCUT2D eigenvalue weighted by Crippen LogP contribution is 2.16. The van der Waals surface area contributed by atoms with Gasteiger partial charge in [0.1, 0.15) is 5.75 Å². The Kier molecular flexibility index (Phi) is 4.38. The van der Waals surface area contributed by atoms with Gasteiger partial charge in [0.2, 0.25) is 0 Å². The van der Waals surface area contributed by atoms with Crippen molar-refractivity contribution in [3.05, 3.63) is 64.7 Å². The van der Waals surface area contributed by atoms with E-state index in [-0.39, 0.29) is 11.7 Å². The molecule has 1 amide bonds.